The highest BCUT2D eigenvalue weighted by molar-refractivity contribution is 6.21. The number of imide groups is 1. The van der Waals surface area contributed by atoms with Gasteiger partial charge in [-0.2, -0.15) is 0 Å². The fourth-order valence-corrected chi connectivity index (χ4v) is 2.55. The Morgan fingerprint density at radius 3 is 2.58 bits per heavy atom. The number of anilines is 1. The van der Waals surface area contributed by atoms with Gasteiger partial charge in [-0.1, -0.05) is 13.0 Å². The predicted molar refractivity (Wildman–Crippen MR) is 90.3 cm³/mol. The molecule has 0 unspecified atom stereocenters. The number of hydrogen-bond acceptors (Lipinski definition) is 4. The molecule has 1 saturated heterocycles. The zero-order valence-electron chi connectivity index (χ0n) is 13.9. The SMILES string of the molecule is CC[C@H]1NC(=O)N(c2cncc(Oc3ccc(C)c(C)c3)c2)C1=O. The molecule has 1 aliphatic rings. The molecule has 1 aromatic heterocycles. The first-order valence-electron chi connectivity index (χ1n) is 7.84. The smallest absolute Gasteiger partial charge is 0.329 e. The van der Waals surface area contributed by atoms with Gasteiger partial charge < -0.3 is 10.1 Å². The van der Waals surface area contributed by atoms with Crippen molar-refractivity contribution in [2.75, 3.05) is 4.90 Å². The summed E-state index contributed by atoms with van der Waals surface area (Å²) in [5.74, 6) is 0.879. The molecular weight excluding hydrogens is 306 g/mol. The summed E-state index contributed by atoms with van der Waals surface area (Å²) < 4.78 is 5.81. The third-order valence-corrected chi connectivity index (χ3v) is 4.10. The molecule has 0 spiro atoms. The van der Waals surface area contributed by atoms with Crippen LogP contribution in [0.25, 0.3) is 0 Å². The summed E-state index contributed by atoms with van der Waals surface area (Å²) in [5, 5.41) is 2.65. The van der Waals surface area contributed by atoms with Gasteiger partial charge in [-0.05, 0) is 43.5 Å². The number of aromatic nitrogens is 1. The molecule has 1 aliphatic heterocycles. The van der Waals surface area contributed by atoms with E-state index in [1.54, 1.807) is 12.3 Å². The van der Waals surface area contributed by atoms with Crippen LogP contribution in [0.4, 0.5) is 10.5 Å². The minimum Gasteiger partial charge on any atom is -0.456 e. The molecule has 0 radical (unpaired) electrons. The highest BCUT2D eigenvalue weighted by Crippen LogP contribution is 2.28. The summed E-state index contributed by atoms with van der Waals surface area (Å²) in [6.07, 6.45) is 3.57. The van der Waals surface area contributed by atoms with E-state index in [1.807, 2.05) is 39.0 Å². The Morgan fingerprint density at radius 2 is 1.92 bits per heavy atom. The first-order chi connectivity index (χ1) is 11.5. The van der Waals surface area contributed by atoms with Crippen molar-refractivity contribution in [3.8, 4) is 11.5 Å². The molecule has 6 heteroatoms. The Labute approximate surface area is 140 Å². The number of nitrogens with one attached hydrogen (secondary N) is 1. The number of aryl methyl sites for hydroxylation is 2. The summed E-state index contributed by atoms with van der Waals surface area (Å²) in [7, 11) is 0. The quantitative estimate of drug-likeness (QED) is 0.875. The first kappa shape index (κ1) is 16.0. The van der Waals surface area contributed by atoms with Crippen LogP contribution < -0.4 is 15.0 Å². The normalized spacial score (nSPS) is 17.1. The van der Waals surface area contributed by atoms with E-state index in [0.717, 1.165) is 10.5 Å². The van der Waals surface area contributed by atoms with E-state index < -0.39 is 12.1 Å². The highest BCUT2D eigenvalue weighted by atomic mass is 16.5. The van der Waals surface area contributed by atoms with Gasteiger partial charge in [0.15, 0.2) is 0 Å². The molecule has 3 rings (SSSR count). The maximum Gasteiger partial charge on any atom is 0.329 e. The third kappa shape index (κ3) is 2.95. The van der Waals surface area contributed by atoms with E-state index in [0.29, 0.717) is 23.6 Å². The molecule has 1 N–H and O–H groups in total. The lowest BCUT2D eigenvalue weighted by atomic mass is 10.1. The number of urea groups is 1. The van der Waals surface area contributed by atoms with E-state index in [1.165, 1.54) is 11.8 Å². The van der Waals surface area contributed by atoms with Crippen molar-refractivity contribution in [3.63, 3.8) is 0 Å². The molecule has 2 aromatic rings. The van der Waals surface area contributed by atoms with Crippen LogP contribution in [0.1, 0.15) is 24.5 Å². The number of rotatable bonds is 4. The van der Waals surface area contributed by atoms with Gasteiger partial charge in [0.05, 0.1) is 18.1 Å². The Morgan fingerprint density at radius 1 is 1.12 bits per heavy atom. The van der Waals surface area contributed by atoms with Crippen molar-refractivity contribution < 1.29 is 14.3 Å². The lowest BCUT2D eigenvalue weighted by Crippen LogP contribution is -2.31. The zero-order valence-corrected chi connectivity index (χ0v) is 13.9. The van der Waals surface area contributed by atoms with Gasteiger partial charge in [0.25, 0.3) is 5.91 Å². The molecule has 0 bridgehead atoms. The molecule has 0 aliphatic carbocycles. The van der Waals surface area contributed by atoms with Crippen LogP contribution >= 0.6 is 0 Å². The molecular formula is C18H19N3O3. The lowest BCUT2D eigenvalue weighted by molar-refractivity contribution is -0.118. The molecule has 3 amide bonds. The van der Waals surface area contributed by atoms with Crippen LogP contribution in [0.2, 0.25) is 0 Å². The van der Waals surface area contributed by atoms with Crippen LogP contribution in [0.15, 0.2) is 36.7 Å². The second-order valence-electron chi connectivity index (χ2n) is 5.81. The summed E-state index contributed by atoms with van der Waals surface area (Å²) >= 11 is 0. The predicted octanol–water partition coefficient (Wildman–Crippen LogP) is 3.33. The van der Waals surface area contributed by atoms with Crippen molar-refractivity contribution in [2.24, 2.45) is 0 Å². The van der Waals surface area contributed by atoms with Gasteiger partial charge in [-0.25, -0.2) is 9.69 Å². The second-order valence-corrected chi connectivity index (χ2v) is 5.81. The number of hydrogen-bond donors (Lipinski definition) is 1. The van der Waals surface area contributed by atoms with Gasteiger partial charge in [-0.3, -0.25) is 9.78 Å². The van der Waals surface area contributed by atoms with Crippen LogP contribution in [-0.4, -0.2) is 23.0 Å². The standard InChI is InChI=1S/C18H19N3O3/c1-4-16-17(22)21(18(23)20-16)13-8-15(10-19-9-13)24-14-6-5-11(2)12(3)7-14/h5-10,16H,4H2,1-3H3,(H,20,23)/t16-/m1/s1. The number of ether oxygens (including phenoxy) is 1. The van der Waals surface area contributed by atoms with Crippen molar-refractivity contribution in [1.82, 2.24) is 10.3 Å². The fraction of sp³-hybridized carbons (Fsp3) is 0.278. The Hall–Kier alpha value is -2.89. The average molecular weight is 325 g/mol. The van der Waals surface area contributed by atoms with Gasteiger partial charge in [0.1, 0.15) is 17.5 Å². The summed E-state index contributed by atoms with van der Waals surface area (Å²) in [6.45, 7) is 5.89. The molecule has 0 saturated carbocycles. The van der Waals surface area contributed by atoms with E-state index in [-0.39, 0.29) is 5.91 Å². The largest absolute Gasteiger partial charge is 0.456 e. The van der Waals surface area contributed by atoms with Crippen molar-refractivity contribution in [1.29, 1.82) is 0 Å². The van der Waals surface area contributed by atoms with Gasteiger partial charge in [0.2, 0.25) is 0 Å². The number of amides is 3. The van der Waals surface area contributed by atoms with Gasteiger partial charge >= 0.3 is 6.03 Å². The van der Waals surface area contributed by atoms with E-state index >= 15 is 0 Å². The summed E-state index contributed by atoms with van der Waals surface area (Å²) in [4.78, 5) is 29.5. The Bertz CT molecular complexity index is 804. The van der Waals surface area contributed by atoms with Crippen LogP contribution in [0, 0.1) is 13.8 Å². The van der Waals surface area contributed by atoms with E-state index in [9.17, 15) is 9.59 Å². The second kappa shape index (κ2) is 6.31. The molecule has 6 nitrogen and oxygen atoms in total. The third-order valence-electron chi connectivity index (χ3n) is 4.10. The number of carbonyl (C=O) groups excluding carboxylic acids is 2. The lowest BCUT2D eigenvalue weighted by Gasteiger charge is -2.14. The van der Waals surface area contributed by atoms with Gasteiger partial charge in [0, 0.05) is 6.07 Å². The zero-order chi connectivity index (χ0) is 17.3. The summed E-state index contributed by atoms with van der Waals surface area (Å²) in [5.41, 5.74) is 2.70. The van der Waals surface area contributed by atoms with Crippen molar-refractivity contribution in [2.45, 2.75) is 33.2 Å². The minimum absolute atomic E-state index is 0.271. The average Bonchev–Trinajstić information content (AvgIpc) is 2.85. The van der Waals surface area contributed by atoms with Crippen LogP contribution in [0.5, 0.6) is 11.5 Å². The van der Waals surface area contributed by atoms with Crippen molar-refractivity contribution in [3.05, 3.63) is 47.8 Å². The van der Waals surface area contributed by atoms with Gasteiger partial charge in [-0.15, -0.1) is 0 Å². The van der Waals surface area contributed by atoms with E-state index in [4.69, 9.17) is 4.74 Å². The number of nitrogens with zero attached hydrogens (tertiary/aromatic N) is 2. The topological polar surface area (TPSA) is 71.5 Å². The highest BCUT2D eigenvalue weighted by Gasteiger charge is 2.38. The number of pyridine rings is 1. The molecule has 1 atom stereocenters. The van der Waals surface area contributed by atoms with Crippen LogP contribution in [-0.2, 0) is 4.79 Å². The Balaban J connectivity index is 1.85. The maximum atomic E-state index is 12.3. The number of benzene rings is 1. The maximum absolute atomic E-state index is 12.3. The number of carbonyl (C=O) groups is 2. The van der Waals surface area contributed by atoms with E-state index in [2.05, 4.69) is 10.3 Å². The molecule has 124 valence electrons. The molecule has 2 heterocycles. The molecule has 1 aromatic carbocycles. The summed E-state index contributed by atoms with van der Waals surface area (Å²) in [6, 6.07) is 6.50. The monoisotopic (exact) mass is 325 g/mol. The molecule has 1 fully saturated rings. The fourth-order valence-electron chi connectivity index (χ4n) is 2.55. The minimum atomic E-state index is -0.484. The molecule has 24 heavy (non-hydrogen) atoms. The Kier molecular flexibility index (Phi) is 4.20. The van der Waals surface area contributed by atoms with Crippen molar-refractivity contribution >= 4 is 17.6 Å². The first-order valence-corrected chi connectivity index (χ1v) is 7.84. The van der Waals surface area contributed by atoms with Crippen LogP contribution in [0.3, 0.4) is 0 Å².